The van der Waals surface area contributed by atoms with Gasteiger partial charge in [0.25, 0.3) is 0 Å². The summed E-state index contributed by atoms with van der Waals surface area (Å²) in [5.74, 6) is 3.50. The summed E-state index contributed by atoms with van der Waals surface area (Å²) >= 11 is 0. The number of hydrogen-bond donors (Lipinski definition) is 1. The van der Waals surface area contributed by atoms with Crippen LogP contribution in [0.1, 0.15) is 45.4 Å². The molecule has 3 atom stereocenters. The summed E-state index contributed by atoms with van der Waals surface area (Å²) in [6, 6.07) is 0.843. The summed E-state index contributed by atoms with van der Waals surface area (Å²) in [6.45, 7) is 9.53. The second-order valence-electron chi connectivity index (χ2n) is 9.57. The number of aliphatic imine (C=N–C) groups is 1. The summed E-state index contributed by atoms with van der Waals surface area (Å²) in [5, 5.41) is 3.49. The minimum Gasteiger partial charge on any atom is -0.357 e. The number of hydrogen-bond acceptors (Lipinski definition) is 4. The van der Waals surface area contributed by atoms with Crippen LogP contribution in [0.25, 0.3) is 0 Å². The summed E-state index contributed by atoms with van der Waals surface area (Å²) in [7, 11) is -3.05. The predicted octanol–water partition coefficient (Wildman–Crippen LogP) is 2.05. The van der Waals surface area contributed by atoms with Crippen molar-refractivity contribution in [2.75, 3.05) is 58.6 Å². The van der Waals surface area contributed by atoms with Crippen molar-refractivity contribution in [2.45, 2.75) is 51.5 Å². The SMILES string of the molecule is CCNC(=NCC1CCN(S(C)(=O)=O)CC1)N1CCN(C2CC3CCC2C3)CC1.I. The zero-order valence-corrected chi connectivity index (χ0v) is 21.8. The first-order valence-electron chi connectivity index (χ1n) is 11.7. The lowest BCUT2D eigenvalue weighted by Gasteiger charge is -2.42. The van der Waals surface area contributed by atoms with Gasteiger partial charge in [-0.05, 0) is 56.8 Å². The molecular formula is C21H40IN5O2S. The van der Waals surface area contributed by atoms with Crippen LogP contribution in [0.15, 0.2) is 4.99 Å². The summed E-state index contributed by atoms with van der Waals surface area (Å²) in [4.78, 5) is 10.1. The number of nitrogens with zero attached hydrogens (tertiary/aromatic N) is 4. The van der Waals surface area contributed by atoms with Crippen LogP contribution in [0.3, 0.4) is 0 Å². The molecule has 4 fully saturated rings. The normalized spacial score (nSPS) is 31.7. The van der Waals surface area contributed by atoms with Crippen LogP contribution >= 0.6 is 24.0 Å². The van der Waals surface area contributed by atoms with Crippen molar-refractivity contribution in [3.63, 3.8) is 0 Å². The molecule has 4 aliphatic rings. The van der Waals surface area contributed by atoms with E-state index in [2.05, 4.69) is 22.0 Å². The van der Waals surface area contributed by atoms with E-state index >= 15 is 0 Å². The number of guanidine groups is 1. The molecule has 0 spiro atoms. The van der Waals surface area contributed by atoms with Crippen molar-refractivity contribution < 1.29 is 8.42 Å². The fraction of sp³-hybridized carbons (Fsp3) is 0.952. The van der Waals surface area contributed by atoms with E-state index < -0.39 is 10.0 Å². The van der Waals surface area contributed by atoms with Gasteiger partial charge in [0.2, 0.25) is 10.0 Å². The van der Waals surface area contributed by atoms with Crippen LogP contribution in [-0.4, -0.2) is 93.1 Å². The first-order valence-corrected chi connectivity index (χ1v) is 13.5. The number of fused-ring (bicyclic) bond motifs is 2. The molecule has 30 heavy (non-hydrogen) atoms. The third kappa shape index (κ3) is 5.81. The summed E-state index contributed by atoms with van der Waals surface area (Å²) in [5.41, 5.74) is 0. The second kappa shape index (κ2) is 10.7. The van der Waals surface area contributed by atoms with Gasteiger partial charge < -0.3 is 10.2 Å². The molecule has 1 N–H and O–H groups in total. The molecule has 2 saturated heterocycles. The van der Waals surface area contributed by atoms with Gasteiger partial charge in [0.05, 0.1) is 6.26 Å². The van der Waals surface area contributed by atoms with Gasteiger partial charge in [-0.2, -0.15) is 0 Å². The molecule has 4 rings (SSSR count). The monoisotopic (exact) mass is 553 g/mol. The molecule has 7 nitrogen and oxygen atoms in total. The van der Waals surface area contributed by atoms with Crippen molar-refractivity contribution in [1.82, 2.24) is 19.4 Å². The highest BCUT2D eigenvalue weighted by molar-refractivity contribution is 14.0. The number of halogens is 1. The number of nitrogens with one attached hydrogen (secondary N) is 1. The number of piperazine rings is 1. The first-order chi connectivity index (χ1) is 13.9. The average Bonchev–Trinajstić information content (AvgIpc) is 3.35. The Morgan fingerprint density at radius 1 is 1.00 bits per heavy atom. The maximum absolute atomic E-state index is 11.7. The Hall–Kier alpha value is -0.130. The Morgan fingerprint density at radius 2 is 1.70 bits per heavy atom. The van der Waals surface area contributed by atoms with Crippen LogP contribution in [0, 0.1) is 17.8 Å². The van der Waals surface area contributed by atoms with Crippen LogP contribution in [-0.2, 0) is 10.0 Å². The molecule has 2 heterocycles. The third-order valence-corrected chi connectivity index (χ3v) is 8.96. The Bertz CT molecular complexity index is 688. The van der Waals surface area contributed by atoms with Crippen LogP contribution in [0.2, 0.25) is 0 Å². The predicted molar refractivity (Wildman–Crippen MR) is 133 cm³/mol. The van der Waals surface area contributed by atoms with Crippen molar-refractivity contribution in [3.05, 3.63) is 0 Å². The largest absolute Gasteiger partial charge is 0.357 e. The number of piperidine rings is 1. The lowest BCUT2D eigenvalue weighted by Crippen LogP contribution is -2.55. The third-order valence-electron chi connectivity index (χ3n) is 7.66. The second-order valence-corrected chi connectivity index (χ2v) is 11.5. The topological polar surface area (TPSA) is 68.2 Å². The van der Waals surface area contributed by atoms with Crippen LogP contribution in [0.4, 0.5) is 0 Å². The molecule has 0 aromatic rings. The number of rotatable bonds is 5. The quantitative estimate of drug-likeness (QED) is 0.321. The van der Waals surface area contributed by atoms with Gasteiger partial charge >= 0.3 is 0 Å². The van der Waals surface area contributed by atoms with Gasteiger partial charge in [-0.3, -0.25) is 9.89 Å². The Labute approximate surface area is 200 Å². The fourth-order valence-corrected chi connectivity index (χ4v) is 6.86. The molecule has 0 aromatic carbocycles. The highest BCUT2D eigenvalue weighted by Gasteiger charge is 2.42. The van der Waals surface area contributed by atoms with Gasteiger partial charge in [-0.15, -0.1) is 24.0 Å². The molecule has 2 bridgehead atoms. The maximum atomic E-state index is 11.7. The van der Waals surface area contributed by atoms with Crippen molar-refractivity contribution in [3.8, 4) is 0 Å². The highest BCUT2D eigenvalue weighted by Crippen LogP contribution is 2.46. The maximum Gasteiger partial charge on any atom is 0.211 e. The zero-order chi connectivity index (χ0) is 20.4. The van der Waals surface area contributed by atoms with Gasteiger partial charge in [0, 0.05) is 58.4 Å². The molecule has 174 valence electrons. The molecule has 3 unspecified atom stereocenters. The molecule has 0 amide bonds. The van der Waals surface area contributed by atoms with Crippen molar-refractivity contribution >= 4 is 40.0 Å². The highest BCUT2D eigenvalue weighted by atomic mass is 127. The van der Waals surface area contributed by atoms with Crippen LogP contribution < -0.4 is 5.32 Å². The average molecular weight is 554 g/mol. The van der Waals surface area contributed by atoms with E-state index in [4.69, 9.17) is 4.99 Å². The first kappa shape index (κ1) is 24.5. The number of sulfonamides is 1. The van der Waals surface area contributed by atoms with Crippen molar-refractivity contribution in [1.29, 1.82) is 0 Å². The smallest absolute Gasteiger partial charge is 0.211 e. The van der Waals surface area contributed by atoms with E-state index in [-0.39, 0.29) is 24.0 Å². The molecule has 2 saturated carbocycles. The molecule has 2 aliphatic carbocycles. The van der Waals surface area contributed by atoms with Gasteiger partial charge in [-0.1, -0.05) is 6.42 Å². The summed E-state index contributed by atoms with van der Waals surface area (Å²) in [6.07, 6.45) is 8.98. The van der Waals surface area contributed by atoms with E-state index in [1.165, 1.54) is 31.9 Å². The molecule has 0 aromatic heterocycles. The lowest BCUT2D eigenvalue weighted by molar-refractivity contribution is 0.0957. The summed E-state index contributed by atoms with van der Waals surface area (Å²) < 4.78 is 25.0. The minimum absolute atomic E-state index is 0. The minimum atomic E-state index is -3.05. The Balaban J connectivity index is 0.00000256. The fourth-order valence-electron chi connectivity index (χ4n) is 5.99. The van der Waals surface area contributed by atoms with E-state index in [1.54, 1.807) is 4.31 Å². The molecular weight excluding hydrogens is 513 g/mol. The lowest BCUT2D eigenvalue weighted by atomic mass is 9.93. The van der Waals surface area contributed by atoms with Crippen molar-refractivity contribution in [2.24, 2.45) is 22.7 Å². The molecule has 2 aliphatic heterocycles. The van der Waals surface area contributed by atoms with Gasteiger partial charge in [-0.25, -0.2) is 12.7 Å². The van der Waals surface area contributed by atoms with Crippen LogP contribution in [0.5, 0.6) is 0 Å². The van der Waals surface area contributed by atoms with E-state index in [9.17, 15) is 8.42 Å². The van der Waals surface area contributed by atoms with Gasteiger partial charge in [0.15, 0.2) is 5.96 Å². The standard InChI is InChI=1S/C21H39N5O2S.HI/c1-3-22-21(23-16-17-6-8-26(9-7-17)29(2,27)28)25-12-10-24(11-13-25)20-15-18-4-5-19(20)14-18;/h17-20H,3-16H2,1-2H3,(H,22,23);1H. The van der Waals surface area contributed by atoms with E-state index in [0.717, 1.165) is 75.9 Å². The van der Waals surface area contributed by atoms with Gasteiger partial charge in [0.1, 0.15) is 0 Å². The molecule has 0 radical (unpaired) electrons. The zero-order valence-electron chi connectivity index (χ0n) is 18.6. The Kier molecular flexibility index (Phi) is 8.71. The van der Waals surface area contributed by atoms with E-state index in [1.807, 2.05) is 0 Å². The molecule has 9 heteroatoms. The van der Waals surface area contributed by atoms with E-state index in [0.29, 0.717) is 19.0 Å². The Morgan fingerprint density at radius 3 is 2.23 bits per heavy atom.